The van der Waals surface area contributed by atoms with E-state index in [9.17, 15) is 34.8 Å². The third kappa shape index (κ3) is 2.49. The van der Waals surface area contributed by atoms with Gasteiger partial charge >= 0.3 is 0 Å². The van der Waals surface area contributed by atoms with Gasteiger partial charge in [-0.2, -0.15) is 0 Å². The number of halogens is 1. The van der Waals surface area contributed by atoms with Crippen molar-refractivity contribution in [2.24, 2.45) is 17.6 Å². The van der Waals surface area contributed by atoms with Crippen LogP contribution in [0.5, 0.6) is 5.75 Å². The molecule has 4 rings (SSSR count). The zero-order valence-corrected chi connectivity index (χ0v) is 18.2. The van der Waals surface area contributed by atoms with E-state index < -0.39 is 64.5 Å². The Labute approximate surface area is 188 Å². The van der Waals surface area contributed by atoms with Gasteiger partial charge < -0.3 is 31.9 Å². The van der Waals surface area contributed by atoms with Gasteiger partial charge in [-0.15, -0.1) is 0 Å². The van der Waals surface area contributed by atoms with E-state index in [1.807, 2.05) is 0 Å². The van der Waals surface area contributed by atoms with Gasteiger partial charge in [-0.05, 0) is 44.5 Å². The summed E-state index contributed by atoms with van der Waals surface area (Å²) in [6, 6.07) is 1.46. The number of Topliss-reactive ketones (excluding diaryl/α,β-unsaturated/α-hetero) is 2. The Balaban J connectivity index is 1.97. The Bertz CT molecular complexity index is 1120. The highest BCUT2D eigenvalue weighted by Crippen LogP contribution is 2.55. The topological polar surface area (TPSA) is 187 Å². The molecule has 5 unspecified atom stereocenters. The number of ketones is 2. The number of fused-ring (bicyclic) bond motifs is 3. The molecule has 10 nitrogen and oxygen atoms in total. The number of phenols is 1. The Morgan fingerprint density at radius 1 is 1.25 bits per heavy atom. The van der Waals surface area contributed by atoms with Crippen LogP contribution >= 0.6 is 11.6 Å². The van der Waals surface area contributed by atoms with Crippen LogP contribution < -0.4 is 11.5 Å². The summed E-state index contributed by atoms with van der Waals surface area (Å²) in [6.45, 7) is 0. The molecule has 0 heterocycles. The van der Waals surface area contributed by atoms with Crippen molar-refractivity contribution in [1.29, 1.82) is 0 Å². The number of nitrogens with zero attached hydrogens (tertiary/aromatic N) is 1. The minimum Gasteiger partial charge on any atom is -0.507 e. The van der Waals surface area contributed by atoms with E-state index in [0.29, 0.717) is 5.56 Å². The Morgan fingerprint density at radius 3 is 2.44 bits per heavy atom. The number of hydrogen-bond donors (Lipinski definition) is 6. The van der Waals surface area contributed by atoms with Crippen LogP contribution in [0.1, 0.15) is 24.0 Å². The van der Waals surface area contributed by atoms with Gasteiger partial charge in [0, 0.05) is 17.9 Å². The van der Waals surface area contributed by atoms with Crippen molar-refractivity contribution in [3.63, 3.8) is 0 Å². The third-order valence-electron chi connectivity index (χ3n) is 7.33. The van der Waals surface area contributed by atoms with Crippen molar-refractivity contribution in [2.75, 3.05) is 19.8 Å². The number of aliphatic hydroxyl groups is 3. The molecule has 2 saturated carbocycles. The molecule has 0 spiro atoms. The zero-order chi connectivity index (χ0) is 23.9. The second-order valence-electron chi connectivity index (χ2n) is 8.93. The summed E-state index contributed by atoms with van der Waals surface area (Å²) in [7, 11) is 2.93. The van der Waals surface area contributed by atoms with Crippen LogP contribution in [0.2, 0.25) is 5.02 Å². The van der Waals surface area contributed by atoms with E-state index >= 15 is 0 Å². The maximum atomic E-state index is 13.6. The first-order chi connectivity index (χ1) is 14.8. The molecule has 32 heavy (non-hydrogen) atoms. The Kier molecular flexibility index (Phi) is 4.87. The quantitative estimate of drug-likeness (QED) is 0.190. The molecule has 3 aliphatic rings. The molecule has 2 fully saturated rings. The second-order valence-corrected chi connectivity index (χ2v) is 9.34. The standard InChI is InChI=1S/C21H24ClN3O7/c1-25(2)20(19(24)31)10-5-8-3-7-4-9(22)15(23)17(29)13(7)16(28)14(8)18(30)21(10,32)12(27)6-11(20)26/h4,8,10-11,26,28-29,32H,3,5-6,23H2,1-2H3,(H2,24,31). The van der Waals surface area contributed by atoms with Gasteiger partial charge in [-0.25, -0.2) is 0 Å². The number of hydrogen-bond acceptors (Lipinski definition) is 9. The monoisotopic (exact) mass is 465 g/mol. The fourth-order valence-electron chi connectivity index (χ4n) is 5.84. The molecule has 3 aliphatic carbocycles. The van der Waals surface area contributed by atoms with E-state index in [1.54, 1.807) is 0 Å². The van der Waals surface area contributed by atoms with Gasteiger partial charge in [0.15, 0.2) is 17.1 Å². The van der Waals surface area contributed by atoms with Crippen molar-refractivity contribution >= 4 is 40.5 Å². The lowest BCUT2D eigenvalue weighted by atomic mass is 9.52. The highest BCUT2D eigenvalue weighted by atomic mass is 35.5. The van der Waals surface area contributed by atoms with Crippen LogP contribution in [0.15, 0.2) is 11.6 Å². The molecular formula is C21H24ClN3O7. The maximum absolute atomic E-state index is 13.6. The molecule has 1 aromatic rings. The number of nitrogen functional groups attached to an aromatic ring is 1. The molecule has 1 aromatic carbocycles. The van der Waals surface area contributed by atoms with Crippen molar-refractivity contribution in [2.45, 2.75) is 36.5 Å². The van der Waals surface area contributed by atoms with Crippen LogP contribution in [0, 0.1) is 11.8 Å². The normalized spacial score (nSPS) is 34.2. The summed E-state index contributed by atoms with van der Waals surface area (Å²) in [6.07, 6.45) is -2.24. The SMILES string of the molecule is CN(C)C1(C(N)=O)C(O)CC(=O)C2(O)C(=O)C3=C(O)c4c(cc(Cl)c(N)c4O)CC3CC21. The summed E-state index contributed by atoms with van der Waals surface area (Å²) in [5, 5.41) is 43.7. The number of phenolic OH excluding ortho intramolecular Hbond substituents is 1. The summed E-state index contributed by atoms with van der Waals surface area (Å²) in [4.78, 5) is 40.4. The molecule has 5 atom stereocenters. The number of primary amides is 1. The minimum absolute atomic E-state index is 0.0548. The first-order valence-electron chi connectivity index (χ1n) is 10.00. The summed E-state index contributed by atoms with van der Waals surface area (Å²) < 4.78 is 0. The summed E-state index contributed by atoms with van der Waals surface area (Å²) >= 11 is 6.07. The zero-order valence-electron chi connectivity index (χ0n) is 17.4. The number of aliphatic hydroxyl groups excluding tert-OH is 2. The van der Waals surface area contributed by atoms with E-state index in [1.165, 1.54) is 25.1 Å². The molecule has 172 valence electrons. The van der Waals surface area contributed by atoms with Gasteiger partial charge in [0.25, 0.3) is 0 Å². The van der Waals surface area contributed by atoms with Gasteiger partial charge in [0.2, 0.25) is 11.7 Å². The number of benzene rings is 1. The van der Waals surface area contributed by atoms with E-state index in [-0.39, 0.29) is 34.7 Å². The molecule has 0 bridgehead atoms. The molecule has 0 aliphatic heterocycles. The lowest BCUT2D eigenvalue weighted by Crippen LogP contribution is -2.78. The number of anilines is 1. The fourth-order valence-corrected chi connectivity index (χ4v) is 6.06. The number of nitrogens with two attached hydrogens (primary N) is 2. The van der Waals surface area contributed by atoms with Crippen molar-refractivity contribution < 1.29 is 34.8 Å². The van der Waals surface area contributed by atoms with Crippen molar-refractivity contribution in [1.82, 2.24) is 4.90 Å². The van der Waals surface area contributed by atoms with Gasteiger partial charge in [-0.3, -0.25) is 19.3 Å². The van der Waals surface area contributed by atoms with Gasteiger partial charge in [-0.1, -0.05) is 11.6 Å². The molecule has 11 heteroatoms. The Morgan fingerprint density at radius 2 is 1.88 bits per heavy atom. The Hall–Kier alpha value is -2.66. The highest BCUT2D eigenvalue weighted by molar-refractivity contribution is 6.33. The predicted molar refractivity (Wildman–Crippen MR) is 114 cm³/mol. The minimum atomic E-state index is -2.69. The predicted octanol–water partition coefficient (Wildman–Crippen LogP) is -0.491. The first-order valence-corrected chi connectivity index (χ1v) is 10.4. The largest absolute Gasteiger partial charge is 0.507 e. The van der Waals surface area contributed by atoms with Crippen LogP contribution in [0.3, 0.4) is 0 Å². The summed E-state index contributed by atoms with van der Waals surface area (Å²) in [5.74, 6) is -6.27. The van der Waals surface area contributed by atoms with Crippen LogP contribution in [-0.2, 0) is 20.8 Å². The number of amides is 1. The van der Waals surface area contributed by atoms with Crippen LogP contribution in [0.25, 0.3) is 5.76 Å². The lowest BCUT2D eigenvalue weighted by molar-refractivity contribution is -0.193. The number of aromatic hydroxyl groups is 1. The third-order valence-corrected chi connectivity index (χ3v) is 7.64. The van der Waals surface area contributed by atoms with E-state index in [2.05, 4.69) is 0 Å². The second kappa shape index (κ2) is 6.92. The van der Waals surface area contributed by atoms with Crippen molar-refractivity contribution in [3.05, 3.63) is 27.8 Å². The molecule has 0 aromatic heterocycles. The highest BCUT2D eigenvalue weighted by Gasteiger charge is 2.71. The number of rotatable bonds is 2. The van der Waals surface area contributed by atoms with E-state index in [4.69, 9.17) is 23.1 Å². The average molecular weight is 466 g/mol. The van der Waals surface area contributed by atoms with E-state index in [0.717, 1.165) is 0 Å². The molecule has 0 saturated heterocycles. The molecule has 0 radical (unpaired) electrons. The molecular weight excluding hydrogens is 442 g/mol. The van der Waals surface area contributed by atoms with Crippen molar-refractivity contribution in [3.8, 4) is 5.75 Å². The van der Waals surface area contributed by atoms with Gasteiger partial charge in [0.1, 0.15) is 11.3 Å². The average Bonchev–Trinajstić information content (AvgIpc) is 2.68. The smallest absolute Gasteiger partial charge is 0.241 e. The maximum Gasteiger partial charge on any atom is 0.241 e. The molecule has 1 amide bonds. The number of carbonyl (C=O) groups excluding carboxylic acids is 3. The van der Waals surface area contributed by atoms with Gasteiger partial charge in [0.05, 0.1) is 22.4 Å². The van der Waals surface area contributed by atoms with Crippen LogP contribution in [-0.4, -0.2) is 74.1 Å². The van der Waals surface area contributed by atoms with Crippen LogP contribution in [0.4, 0.5) is 5.69 Å². The number of likely N-dealkylation sites (N-methyl/N-ethyl adjacent to an activating group) is 1. The summed E-state index contributed by atoms with van der Waals surface area (Å²) in [5.41, 5.74) is 6.73. The lowest BCUT2D eigenvalue weighted by Gasteiger charge is -2.57. The first kappa shape index (κ1) is 22.5. The molecule has 8 N–H and O–H groups in total. The fraction of sp³-hybridized carbons (Fsp3) is 0.476. The number of carbonyl (C=O) groups is 3.